The van der Waals surface area contributed by atoms with Crippen molar-refractivity contribution in [3.05, 3.63) is 59.4 Å². The zero-order valence-corrected chi connectivity index (χ0v) is 16.6. The molecule has 0 radical (unpaired) electrons. The molecule has 2 amide bonds. The molecule has 1 unspecified atom stereocenters. The van der Waals surface area contributed by atoms with Crippen LogP contribution in [-0.4, -0.2) is 39.4 Å². The third-order valence-corrected chi connectivity index (χ3v) is 5.42. The fourth-order valence-electron chi connectivity index (χ4n) is 3.71. The van der Waals surface area contributed by atoms with Crippen LogP contribution < -0.4 is 11.1 Å². The number of carbonyl (C=O) groups excluding carboxylic acids is 2. The topological polar surface area (TPSA) is 117 Å². The zero-order chi connectivity index (χ0) is 21.3. The Labute approximate surface area is 173 Å². The number of aromatic nitrogens is 2. The summed E-state index contributed by atoms with van der Waals surface area (Å²) in [5, 5.41) is 11.7. The Morgan fingerprint density at radius 3 is 2.53 bits per heavy atom. The second-order valence-electron chi connectivity index (χ2n) is 7.40. The van der Waals surface area contributed by atoms with Crippen molar-refractivity contribution in [1.82, 2.24) is 14.5 Å². The van der Waals surface area contributed by atoms with E-state index in [2.05, 4.69) is 10.3 Å². The first-order valence-electron chi connectivity index (χ1n) is 9.80. The minimum absolute atomic E-state index is 0.0819. The lowest BCUT2D eigenvalue weighted by Crippen LogP contribution is -2.36. The number of carbonyl (C=O) groups is 2. The number of aryl methyl sites for hydroxylation is 1. The minimum atomic E-state index is -0.745. The molecule has 4 rings (SSSR count). The molecule has 1 saturated heterocycles. The van der Waals surface area contributed by atoms with Crippen LogP contribution in [0.4, 0.5) is 5.69 Å². The van der Waals surface area contributed by atoms with Crippen molar-refractivity contribution in [3.8, 4) is 6.07 Å². The normalized spacial score (nSPS) is 14.5. The van der Waals surface area contributed by atoms with E-state index in [1.54, 1.807) is 46.8 Å². The number of nitriles is 1. The standard InChI is InChI=1S/C22H22N6O2/c1-27-18-9-6-15(19(24)22(30)28-10-2-3-11-28)12-17(18)26-20(27)21(29)25-16-7-4-14(13-23)5-8-16/h4-9,12,19H,2-3,10-11,24H2,1H3,(H,25,29). The van der Waals surface area contributed by atoms with Crippen LogP contribution in [-0.2, 0) is 11.8 Å². The Bertz CT molecular complexity index is 1150. The molecule has 8 heteroatoms. The van der Waals surface area contributed by atoms with Crippen molar-refractivity contribution in [2.75, 3.05) is 18.4 Å². The number of nitrogens with zero attached hydrogens (tertiary/aromatic N) is 4. The maximum atomic E-state index is 12.7. The number of fused-ring (bicyclic) bond motifs is 1. The van der Waals surface area contributed by atoms with E-state index in [0.29, 0.717) is 22.3 Å². The third-order valence-electron chi connectivity index (χ3n) is 5.42. The minimum Gasteiger partial charge on any atom is -0.341 e. The molecule has 1 aliphatic rings. The summed E-state index contributed by atoms with van der Waals surface area (Å²) in [7, 11) is 1.76. The number of imidazole rings is 1. The average molecular weight is 402 g/mol. The van der Waals surface area contributed by atoms with Gasteiger partial charge in [-0.2, -0.15) is 5.26 Å². The van der Waals surface area contributed by atoms with Crippen LogP contribution in [0.5, 0.6) is 0 Å². The summed E-state index contributed by atoms with van der Waals surface area (Å²) in [4.78, 5) is 31.6. The molecule has 1 aliphatic heterocycles. The lowest BCUT2D eigenvalue weighted by atomic mass is 10.1. The number of hydrogen-bond donors (Lipinski definition) is 2. The highest BCUT2D eigenvalue weighted by molar-refractivity contribution is 6.04. The summed E-state index contributed by atoms with van der Waals surface area (Å²) in [5.41, 5.74) is 9.35. The zero-order valence-electron chi connectivity index (χ0n) is 16.6. The summed E-state index contributed by atoms with van der Waals surface area (Å²) in [5.74, 6) is -0.204. The van der Waals surface area contributed by atoms with Gasteiger partial charge in [0.05, 0.1) is 22.7 Å². The Hall–Kier alpha value is -3.70. The summed E-state index contributed by atoms with van der Waals surface area (Å²) >= 11 is 0. The van der Waals surface area contributed by atoms with Gasteiger partial charge in [0.25, 0.3) is 5.91 Å². The monoisotopic (exact) mass is 402 g/mol. The molecular formula is C22H22N6O2. The van der Waals surface area contributed by atoms with E-state index in [0.717, 1.165) is 31.4 Å². The molecule has 8 nitrogen and oxygen atoms in total. The quantitative estimate of drug-likeness (QED) is 0.694. The van der Waals surface area contributed by atoms with Crippen LogP contribution in [0.1, 0.15) is 40.6 Å². The number of hydrogen-bond acceptors (Lipinski definition) is 5. The second-order valence-corrected chi connectivity index (χ2v) is 7.40. The second kappa shape index (κ2) is 7.97. The van der Waals surface area contributed by atoms with Gasteiger partial charge in [-0.3, -0.25) is 9.59 Å². The Morgan fingerprint density at radius 1 is 1.17 bits per heavy atom. The summed E-state index contributed by atoms with van der Waals surface area (Å²) < 4.78 is 1.70. The van der Waals surface area contributed by atoms with Gasteiger partial charge in [-0.1, -0.05) is 6.07 Å². The van der Waals surface area contributed by atoms with Gasteiger partial charge in [-0.05, 0) is 54.8 Å². The van der Waals surface area contributed by atoms with Crippen LogP contribution in [0.3, 0.4) is 0 Å². The number of rotatable bonds is 4. The summed E-state index contributed by atoms with van der Waals surface area (Å²) in [6, 6.07) is 13.3. The first-order valence-corrected chi connectivity index (χ1v) is 9.80. The highest BCUT2D eigenvalue weighted by Gasteiger charge is 2.25. The van der Waals surface area contributed by atoms with Crippen molar-refractivity contribution < 1.29 is 9.59 Å². The van der Waals surface area contributed by atoms with E-state index in [1.165, 1.54) is 0 Å². The molecule has 1 atom stereocenters. The van der Waals surface area contributed by atoms with Gasteiger partial charge in [-0.25, -0.2) is 4.98 Å². The van der Waals surface area contributed by atoms with E-state index >= 15 is 0 Å². The molecule has 152 valence electrons. The molecule has 0 spiro atoms. The highest BCUT2D eigenvalue weighted by Crippen LogP contribution is 2.23. The maximum absolute atomic E-state index is 12.7. The third kappa shape index (κ3) is 3.63. The molecule has 2 aromatic carbocycles. The largest absolute Gasteiger partial charge is 0.341 e. The van der Waals surface area contributed by atoms with Gasteiger partial charge < -0.3 is 20.5 Å². The number of benzene rings is 2. The SMILES string of the molecule is Cn1c(C(=O)Nc2ccc(C#N)cc2)nc2cc(C(N)C(=O)N3CCCC3)ccc21. The van der Waals surface area contributed by atoms with Crippen LogP contribution in [0.25, 0.3) is 11.0 Å². The predicted molar refractivity (Wildman–Crippen MR) is 113 cm³/mol. The van der Waals surface area contributed by atoms with Crippen molar-refractivity contribution >= 4 is 28.5 Å². The Kier molecular flexibility index (Phi) is 5.21. The number of nitrogens with one attached hydrogen (secondary N) is 1. The van der Waals surface area contributed by atoms with E-state index < -0.39 is 6.04 Å². The van der Waals surface area contributed by atoms with Gasteiger partial charge in [0.2, 0.25) is 5.91 Å². The number of nitrogens with two attached hydrogens (primary N) is 1. The predicted octanol–water partition coefficient (Wildman–Crippen LogP) is 2.32. The molecule has 3 N–H and O–H groups in total. The van der Waals surface area contributed by atoms with Crippen molar-refractivity contribution in [2.24, 2.45) is 12.8 Å². The van der Waals surface area contributed by atoms with E-state index in [4.69, 9.17) is 11.0 Å². The van der Waals surface area contributed by atoms with Crippen molar-refractivity contribution in [2.45, 2.75) is 18.9 Å². The number of amides is 2. The molecule has 0 saturated carbocycles. The number of anilines is 1. The van der Waals surface area contributed by atoms with Crippen molar-refractivity contribution in [1.29, 1.82) is 5.26 Å². The summed E-state index contributed by atoms with van der Waals surface area (Å²) in [6.45, 7) is 1.50. The molecule has 0 bridgehead atoms. The molecule has 2 heterocycles. The van der Waals surface area contributed by atoms with Gasteiger partial charge in [-0.15, -0.1) is 0 Å². The first kappa shape index (κ1) is 19.6. The van der Waals surface area contributed by atoms with Gasteiger partial charge >= 0.3 is 0 Å². The van der Waals surface area contributed by atoms with Gasteiger partial charge in [0.1, 0.15) is 6.04 Å². The van der Waals surface area contributed by atoms with Crippen LogP contribution in [0.15, 0.2) is 42.5 Å². The first-order chi connectivity index (χ1) is 14.5. The van der Waals surface area contributed by atoms with E-state index in [1.807, 2.05) is 18.2 Å². The van der Waals surface area contributed by atoms with Gasteiger partial charge in [0, 0.05) is 25.8 Å². The fourth-order valence-corrected chi connectivity index (χ4v) is 3.71. The van der Waals surface area contributed by atoms with Crippen LogP contribution >= 0.6 is 0 Å². The lowest BCUT2D eigenvalue weighted by Gasteiger charge is -2.20. The highest BCUT2D eigenvalue weighted by atomic mass is 16.2. The Morgan fingerprint density at radius 2 is 1.87 bits per heavy atom. The van der Waals surface area contributed by atoms with E-state index in [-0.39, 0.29) is 17.6 Å². The molecule has 0 aliphatic carbocycles. The molecule has 1 fully saturated rings. The Balaban J connectivity index is 1.57. The molecule has 30 heavy (non-hydrogen) atoms. The lowest BCUT2D eigenvalue weighted by molar-refractivity contribution is -0.131. The van der Waals surface area contributed by atoms with Crippen molar-refractivity contribution in [3.63, 3.8) is 0 Å². The van der Waals surface area contributed by atoms with Crippen LogP contribution in [0.2, 0.25) is 0 Å². The summed E-state index contributed by atoms with van der Waals surface area (Å²) in [6.07, 6.45) is 2.02. The van der Waals surface area contributed by atoms with Crippen LogP contribution in [0, 0.1) is 11.3 Å². The number of likely N-dealkylation sites (tertiary alicyclic amines) is 1. The smallest absolute Gasteiger partial charge is 0.291 e. The average Bonchev–Trinajstić information content (AvgIpc) is 3.41. The molecular weight excluding hydrogens is 380 g/mol. The fraction of sp³-hybridized carbons (Fsp3) is 0.273. The maximum Gasteiger partial charge on any atom is 0.291 e. The van der Waals surface area contributed by atoms with E-state index in [9.17, 15) is 9.59 Å². The molecule has 1 aromatic heterocycles. The molecule has 3 aromatic rings. The van der Waals surface area contributed by atoms with Gasteiger partial charge in [0.15, 0.2) is 5.82 Å².